The third kappa shape index (κ3) is 3.14. The molecule has 3 rings (SSSR count). The smallest absolute Gasteiger partial charge is 0.312 e. The molecule has 1 aromatic carbocycles. The van der Waals surface area contributed by atoms with Crippen LogP contribution in [-0.2, 0) is 11.0 Å². The maximum atomic E-state index is 13.3. The molecule has 8 heteroatoms. The van der Waals surface area contributed by atoms with E-state index in [4.69, 9.17) is 5.26 Å². The van der Waals surface area contributed by atoms with E-state index in [-0.39, 0.29) is 30.1 Å². The SMILES string of the molecule is CC(=O)CN1C(=O)N(c2ccc(C#N)c(C(F)(F)F)c2)[C@@H]2CCCC[C@H]21. The van der Waals surface area contributed by atoms with Crippen LogP contribution in [0.15, 0.2) is 18.2 Å². The van der Waals surface area contributed by atoms with Crippen LogP contribution >= 0.6 is 0 Å². The van der Waals surface area contributed by atoms with Crippen LogP contribution in [0.4, 0.5) is 23.7 Å². The number of halogens is 3. The molecular weight excluding hydrogens is 347 g/mol. The fourth-order valence-electron chi connectivity index (χ4n) is 3.92. The van der Waals surface area contributed by atoms with Crippen molar-refractivity contribution >= 4 is 17.5 Å². The first-order valence-corrected chi connectivity index (χ1v) is 8.44. The number of amides is 2. The van der Waals surface area contributed by atoms with Crippen molar-refractivity contribution in [1.82, 2.24) is 4.90 Å². The lowest BCUT2D eigenvalue weighted by molar-refractivity contribution is -0.137. The molecule has 0 unspecified atom stereocenters. The first-order chi connectivity index (χ1) is 12.2. The maximum Gasteiger partial charge on any atom is 0.417 e. The highest BCUT2D eigenvalue weighted by Crippen LogP contribution is 2.40. The number of rotatable bonds is 3. The van der Waals surface area contributed by atoms with Crippen LogP contribution in [0.2, 0.25) is 0 Å². The Morgan fingerprint density at radius 3 is 2.50 bits per heavy atom. The molecule has 1 saturated heterocycles. The van der Waals surface area contributed by atoms with Crippen LogP contribution in [0, 0.1) is 11.3 Å². The van der Waals surface area contributed by atoms with E-state index in [9.17, 15) is 22.8 Å². The Morgan fingerprint density at radius 1 is 1.27 bits per heavy atom. The Balaban J connectivity index is 2.04. The number of nitrogens with zero attached hydrogens (tertiary/aromatic N) is 3. The van der Waals surface area contributed by atoms with Crippen molar-refractivity contribution in [2.24, 2.45) is 0 Å². The highest BCUT2D eigenvalue weighted by Gasteiger charge is 2.48. The van der Waals surface area contributed by atoms with Crippen molar-refractivity contribution in [2.45, 2.75) is 50.9 Å². The second-order valence-corrected chi connectivity index (χ2v) is 6.74. The first-order valence-electron chi connectivity index (χ1n) is 8.44. The van der Waals surface area contributed by atoms with Crippen molar-refractivity contribution in [3.63, 3.8) is 0 Å². The number of Topliss-reactive ketones (excluding diaryl/α,β-unsaturated/α-hetero) is 1. The van der Waals surface area contributed by atoms with Gasteiger partial charge < -0.3 is 4.90 Å². The largest absolute Gasteiger partial charge is 0.417 e. The van der Waals surface area contributed by atoms with Crippen molar-refractivity contribution in [3.05, 3.63) is 29.3 Å². The van der Waals surface area contributed by atoms with Gasteiger partial charge in [-0.1, -0.05) is 12.8 Å². The number of fused-ring (bicyclic) bond motifs is 1. The lowest BCUT2D eigenvalue weighted by Crippen LogP contribution is -2.41. The molecular formula is C18H18F3N3O2. The normalized spacial score (nSPS) is 23.0. The lowest BCUT2D eigenvalue weighted by Gasteiger charge is -2.31. The van der Waals surface area contributed by atoms with E-state index in [0.29, 0.717) is 6.42 Å². The fraction of sp³-hybridized carbons (Fsp3) is 0.500. The van der Waals surface area contributed by atoms with Crippen LogP contribution < -0.4 is 4.90 Å². The van der Waals surface area contributed by atoms with Gasteiger partial charge in [-0.05, 0) is 38.0 Å². The molecule has 0 N–H and O–H groups in total. The molecule has 0 aromatic heterocycles. The van der Waals surface area contributed by atoms with Gasteiger partial charge in [0.2, 0.25) is 0 Å². The minimum absolute atomic E-state index is 0.0428. The van der Waals surface area contributed by atoms with E-state index in [1.54, 1.807) is 6.07 Å². The summed E-state index contributed by atoms with van der Waals surface area (Å²) in [5, 5.41) is 8.94. The second-order valence-electron chi connectivity index (χ2n) is 6.74. The topological polar surface area (TPSA) is 64.4 Å². The minimum atomic E-state index is -4.69. The van der Waals surface area contributed by atoms with Crippen LogP contribution in [0.3, 0.4) is 0 Å². The number of carbonyl (C=O) groups excluding carboxylic acids is 2. The molecule has 0 spiro atoms. The van der Waals surface area contributed by atoms with Crippen LogP contribution in [0.25, 0.3) is 0 Å². The van der Waals surface area contributed by atoms with Crippen LogP contribution in [0.5, 0.6) is 0 Å². The number of nitriles is 1. The van der Waals surface area contributed by atoms with Gasteiger partial charge in [0.25, 0.3) is 0 Å². The van der Waals surface area contributed by atoms with Gasteiger partial charge >= 0.3 is 12.2 Å². The third-order valence-corrected chi connectivity index (χ3v) is 4.98. The average Bonchev–Trinajstić information content (AvgIpc) is 2.85. The van der Waals surface area contributed by atoms with Crippen molar-refractivity contribution in [2.75, 3.05) is 11.4 Å². The average molecular weight is 365 g/mol. The van der Waals surface area contributed by atoms with Crippen LogP contribution in [0.1, 0.15) is 43.7 Å². The predicted molar refractivity (Wildman–Crippen MR) is 87.5 cm³/mol. The highest BCUT2D eigenvalue weighted by molar-refractivity contribution is 5.98. The second kappa shape index (κ2) is 6.63. The Labute approximate surface area is 149 Å². The highest BCUT2D eigenvalue weighted by atomic mass is 19.4. The van der Waals surface area contributed by atoms with E-state index >= 15 is 0 Å². The standard InChI is InChI=1S/C18H18F3N3O2/c1-11(25)10-23-15-4-2-3-5-16(15)24(17(23)26)13-7-6-12(9-22)14(8-13)18(19,20)21/h6-8,15-16H,2-5,10H2,1H3/t15-,16-/m1/s1. The Morgan fingerprint density at radius 2 is 1.92 bits per heavy atom. The number of benzene rings is 1. The summed E-state index contributed by atoms with van der Waals surface area (Å²) < 4.78 is 39.8. The van der Waals surface area contributed by atoms with Crippen LogP contribution in [-0.4, -0.2) is 35.3 Å². The molecule has 26 heavy (non-hydrogen) atoms. The zero-order chi connectivity index (χ0) is 19.1. The van der Waals surface area contributed by atoms with Crippen molar-refractivity contribution in [1.29, 1.82) is 5.26 Å². The molecule has 1 aliphatic carbocycles. The molecule has 2 fully saturated rings. The fourth-order valence-corrected chi connectivity index (χ4v) is 3.92. The van der Waals surface area contributed by atoms with E-state index in [1.165, 1.54) is 22.8 Å². The Hall–Kier alpha value is -2.56. The summed E-state index contributed by atoms with van der Waals surface area (Å²) in [6, 6.07) is 3.98. The van der Waals surface area contributed by atoms with Crippen molar-refractivity contribution < 1.29 is 22.8 Å². The summed E-state index contributed by atoms with van der Waals surface area (Å²) >= 11 is 0. The predicted octanol–water partition coefficient (Wildman–Crippen LogP) is 3.72. The van der Waals surface area contributed by atoms with E-state index in [1.807, 2.05) is 0 Å². The molecule has 2 aliphatic rings. The number of hydrogen-bond donors (Lipinski definition) is 0. The number of anilines is 1. The van der Waals surface area contributed by atoms with Gasteiger partial charge in [-0.15, -0.1) is 0 Å². The summed E-state index contributed by atoms with van der Waals surface area (Å²) in [4.78, 5) is 27.2. The van der Waals surface area contributed by atoms with Gasteiger partial charge in [-0.2, -0.15) is 18.4 Å². The third-order valence-electron chi connectivity index (χ3n) is 4.98. The van der Waals surface area contributed by atoms with Gasteiger partial charge in [0, 0.05) is 5.69 Å². The summed E-state index contributed by atoms with van der Waals surface area (Å²) in [5.41, 5.74) is -1.42. The number of ketones is 1. The molecule has 0 radical (unpaired) electrons. The summed E-state index contributed by atoms with van der Waals surface area (Å²) in [6.07, 6.45) is -1.50. The molecule has 5 nitrogen and oxygen atoms in total. The minimum Gasteiger partial charge on any atom is -0.312 e. The van der Waals surface area contributed by atoms with Gasteiger partial charge in [0.15, 0.2) is 0 Å². The Kier molecular flexibility index (Phi) is 4.65. The number of alkyl halides is 3. The number of carbonyl (C=O) groups is 2. The molecule has 0 bridgehead atoms. The molecule has 1 heterocycles. The molecule has 1 saturated carbocycles. The quantitative estimate of drug-likeness (QED) is 0.820. The van der Waals surface area contributed by atoms with Gasteiger partial charge in [0.05, 0.1) is 35.8 Å². The monoisotopic (exact) mass is 365 g/mol. The van der Waals surface area contributed by atoms with E-state index in [0.717, 1.165) is 31.4 Å². The summed E-state index contributed by atoms with van der Waals surface area (Å²) in [6.45, 7) is 1.34. The molecule has 2 amide bonds. The molecule has 1 aromatic rings. The zero-order valence-electron chi connectivity index (χ0n) is 14.2. The first kappa shape index (κ1) is 18.2. The van der Waals surface area contributed by atoms with E-state index in [2.05, 4.69) is 0 Å². The molecule has 1 aliphatic heterocycles. The van der Waals surface area contributed by atoms with E-state index < -0.39 is 23.3 Å². The number of hydrogen-bond acceptors (Lipinski definition) is 3. The maximum absolute atomic E-state index is 13.3. The van der Waals surface area contributed by atoms with Gasteiger partial charge in [-0.3, -0.25) is 9.69 Å². The summed E-state index contributed by atoms with van der Waals surface area (Å²) in [7, 11) is 0. The lowest BCUT2D eigenvalue weighted by atomic mass is 9.90. The van der Waals surface area contributed by atoms with Crippen molar-refractivity contribution in [3.8, 4) is 6.07 Å². The zero-order valence-corrected chi connectivity index (χ0v) is 14.2. The Bertz CT molecular complexity index is 785. The number of urea groups is 1. The molecule has 138 valence electrons. The summed E-state index contributed by atoms with van der Waals surface area (Å²) in [5.74, 6) is -0.166. The molecule has 2 atom stereocenters. The van der Waals surface area contributed by atoms with Gasteiger partial charge in [0.1, 0.15) is 5.78 Å². The van der Waals surface area contributed by atoms with Gasteiger partial charge in [-0.25, -0.2) is 4.79 Å².